The second-order valence-electron chi connectivity index (χ2n) is 5.52. The minimum absolute atomic E-state index is 0.0300. The molecule has 22 heavy (non-hydrogen) atoms. The molecule has 0 fully saturated rings. The number of hydrogen-bond donors (Lipinski definition) is 1. The van der Waals surface area contributed by atoms with E-state index in [1.165, 1.54) is 4.88 Å². The number of nitrogens with zero attached hydrogens (tertiary/aromatic N) is 2. The van der Waals surface area contributed by atoms with Crippen molar-refractivity contribution in [2.45, 2.75) is 32.9 Å². The summed E-state index contributed by atoms with van der Waals surface area (Å²) in [7, 11) is 3.53. The van der Waals surface area contributed by atoms with Gasteiger partial charge < -0.3 is 10.2 Å². The molecular formula is C17H23N3OS. The van der Waals surface area contributed by atoms with Crippen molar-refractivity contribution in [3.63, 3.8) is 0 Å². The van der Waals surface area contributed by atoms with Crippen LogP contribution in [0.25, 0.3) is 0 Å². The summed E-state index contributed by atoms with van der Waals surface area (Å²) in [5.74, 6) is 0.0300. The third kappa shape index (κ3) is 4.15. The molecule has 1 amide bonds. The predicted molar refractivity (Wildman–Crippen MR) is 91.2 cm³/mol. The van der Waals surface area contributed by atoms with Crippen molar-refractivity contribution in [1.29, 1.82) is 0 Å². The summed E-state index contributed by atoms with van der Waals surface area (Å²) in [5, 5.41) is 4.58. The van der Waals surface area contributed by atoms with E-state index in [1.54, 1.807) is 30.3 Å². The lowest BCUT2D eigenvalue weighted by Crippen LogP contribution is -2.22. The van der Waals surface area contributed by atoms with Crippen molar-refractivity contribution in [2.75, 3.05) is 14.1 Å². The Kier molecular flexibility index (Phi) is 5.69. The maximum Gasteiger partial charge on any atom is 0.253 e. The maximum absolute atomic E-state index is 12.0. The summed E-state index contributed by atoms with van der Waals surface area (Å²) in [6, 6.07) is 7.96. The summed E-state index contributed by atoms with van der Waals surface area (Å²) in [6.07, 6.45) is 2.98. The minimum atomic E-state index is 0.0300. The molecule has 5 heteroatoms. The molecule has 0 aliphatic heterocycles. The van der Waals surface area contributed by atoms with Crippen molar-refractivity contribution in [3.05, 3.63) is 51.5 Å². The zero-order valence-corrected chi connectivity index (χ0v) is 14.4. The number of thiazole rings is 1. The molecule has 118 valence electrons. The van der Waals surface area contributed by atoms with Gasteiger partial charge in [-0.2, -0.15) is 0 Å². The van der Waals surface area contributed by atoms with Gasteiger partial charge in [0.15, 0.2) is 0 Å². The largest absolute Gasteiger partial charge is 0.345 e. The number of aryl methyl sites for hydroxylation is 1. The smallest absolute Gasteiger partial charge is 0.253 e. The lowest BCUT2D eigenvalue weighted by molar-refractivity contribution is 0.0827. The molecule has 1 atom stereocenters. The van der Waals surface area contributed by atoms with Crippen LogP contribution < -0.4 is 5.32 Å². The molecule has 4 nitrogen and oxygen atoms in total. The number of carbonyl (C=O) groups is 1. The summed E-state index contributed by atoms with van der Waals surface area (Å²) < 4.78 is 0. The van der Waals surface area contributed by atoms with Crippen LogP contribution in [0.4, 0.5) is 0 Å². The van der Waals surface area contributed by atoms with E-state index < -0.39 is 0 Å². The van der Waals surface area contributed by atoms with Gasteiger partial charge in [0.25, 0.3) is 5.91 Å². The van der Waals surface area contributed by atoms with Crippen LogP contribution in [0, 0.1) is 0 Å². The van der Waals surface area contributed by atoms with E-state index in [0.29, 0.717) is 0 Å². The van der Waals surface area contributed by atoms with E-state index in [4.69, 9.17) is 0 Å². The fraction of sp³-hybridized carbons (Fsp3) is 0.412. The zero-order chi connectivity index (χ0) is 16.1. The average Bonchev–Trinajstić information content (AvgIpc) is 3.01. The number of nitrogens with one attached hydrogen (secondary N) is 1. The molecule has 1 aromatic heterocycles. The van der Waals surface area contributed by atoms with Gasteiger partial charge in [-0.25, -0.2) is 4.98 Å². The minimum Gasteiger partial charge on any atom is -0.345 e. The highest BCUT2D eigenvalue weighted by atomic mass is 32.1. The van der Waals surface area contributed by atoms with Crippen LogP contribution in [-0.4, -0.2) is 29.9 Å². The van der Waals surface area contributed by atoms with Crippen LogP contribution >= 0.6 is 11.3 Å². The average molecular weight is 317 g/mol. The lowest BCUT2D eigenvalue weighted by atomic mass is 10.1. The van der Waals surface area contributed by atoms with Crippen LogP contribution in [-0.2, 0) is 13.0 Å². The topological polar surface area (TPSA) is 45.2 Å². The van der Waals surface area contributed by atoms with E-state index in [-0.39, 0.29) is 11.9 Å². The van der Waals surface area contributed by atoms with Crippen molar-refractivity contribution in [1.82, 2.24) is 15.2 Å². The Bertz CT molecular complexity index is 636. The summed E-state index contributed by atoms with van der Waals surface area (Å²) in [4.78, 5) is 19.4. The van der Waals surface area contributed by atoms with Gasteiger partial charge in [0.2, 0.25) is 0 Å². The highest BCUT2D eigenvalue weighted by Gasteiger charge is 2.11. The molecule has 0 unspecified atom stereocenters. The van der Waals surface area contributed by atoms with Crippen molar-refractivity contribution in [2.24, 2.45) is 0 Å². The Morgan fingerprint density at radius 3 is 2.82 bits per heavy atom. The lowest BCUT2D eigenvalue weighted by Gasteiger charge is -2.13. The maximum atomic E-state index is 12.0. The highest BCUT2D eigenvalue weighted by molar-refractivity contribution is 7.11. The van der Waals surface area contributed by atoms with Gasteiger partial charge in [0.05, 0.1) is 6.04 Å². The SMILES string of the molecule is CCc1cnc([C@H](C)NCc2cccc(C(=O)N(C)C)c2)s1. The summed E-state index contributed by atoms with van der Waals surface area (Å²) >= 11 is 1.75. The standard InChI is InChI=1S/C17H23N3OS/c1-5-15-11-19-16(22-15)12(2)18-10-13-7-6-8-14(9-13)17(21)20(3)4/h6-9,11-12,18H,5,10H2,1-4H3/t12-/m0/s1. The van der Waals surface area contributed by atoms with Gasteiger partial charge in [-0.3, -0.25) is 4.79 Å². The molecule has 0 bridgehead atoms. The normalized spacial score (nSPS) is 12.2. The van der Waals surface area contributed by atoms with E-state index in [2.05, 4.69) is 24.1 Å². The van der Waals surface area contributed by atoms with E-state index in [1.807, 2.05) is 30.5 Å². The molecule has 2 aromatic rings. The Balaban J connectivity index is 1.99. The number of rotatable bonds is 6. The van der Waals surface area contributed by atoms with Gasteiger partial charge in [-0.05, 0) is 31.0 Å². The molecule has 1 N–H and O–H groups in total. The molecule has 0 aliphatic rings. The number of hydrogen-bond acceptors (Lipinski definition) is 4. The first-order valence-electron chi connectivity index (χ1n) is 7.49. The van der Waals surface area contributed by atoms with Crippen molar-refractivity contribution < 1.29 is 4.79 Å². The molecular weight excluding hydrogens is 294 g/mol. The molecule has 0 radical (unpaired) electrons. The van der Waals surface area contributed by atoms with Crippen molar-refractivity contribution >= 4 is 17.2 Å². The van der Waals surface area contributed by atoms with Gasteiger partial charge in [-0.15, -0.1) is 11.3 Å². The number of aromatic nitrogens is 1. The van der Waals surface area contributed by atoms with E-state index in [9.17, 15) is 4.79 Å². The first kappa shape index (κ1) is 16.6. The second-order valence-corrected chi connectivity index (χ2v) is 6.67. The first-order chi connectivity index (χ1) is 10.5. The molecule has 0 saturated heterocycles. The van der Waals surface area contributed by atoms with E-state index >= 15 is 0 Å². The van der Waals surface area contributed by atoms with Crippen LogP contribution in [0.1, 0.15) is 45.7 Å². The van der Waals surface area contributed by atoms with Gasteiger partial charge in [0.1, 0.15) is 5.01 Å². The second kappa shape index (κ2) is 7.51. The third-order valence-electron chi connectivity index (χ3n) is 3.48. The van der Waals surface area contributed by atoms with Crippen molar-refractivity contribution in [3.8, 4) is 0 Å². The molecule has 1 heterocycles. The molecule has 1 aromatic carbocycles. The fourth-order valence-corrected chi connectivity index (χ4v) is 3.00. The summed E-state index contributed by atoms with van der Waals surface area (Å²) in [6.45, 7) is 4.98. The summed E-state index contributed by atoms with van der Waals surface area (Å²) in [5.41, 5.74) is 1.83. The molecule has 0 saturated carbocycles. The molecule has 0 aliphatic carbocycles. The van der Waals surface area contributed by atoms with Gasteiger partial charge in [-0.1, -0.05) is 19.1 Å². The van der Waals surface area contributed by atoms with Gasteiger partial charge in [0, 0.05) is 37.3 Å². The predicted octanol–water partition coefficient (Wildman–Crippen LogP) is 3.26. The third-order valence-corrected chi connectivity index (χ3v) is 4.81. The quantitative estimate of drug-likeness (QED) is 0.889. The number of benzene rings is 1. The van der Waals surface area contributed by atoms with Crippen LogP contribution in [0.3, 0.4) is 0 Å². The Hall–Kier alpha value is -1.72. The van der Waals surface area contributed by atoms with Crippen LogP contribution in [0.2, 0.25) is 0 Å². The molecule has 0 spiro atoms. The Morgan fingerprint density at radius 1 is 1.41 bits per heavy atom. The van der Waals surface area contributed by atoms with Gasteiger partial charge >= 0.3 is 0 Å². The fourth-order valence-electron chi connectivity index (χ4n) is 2.12. The van der Waals surface area contributed by atoms with E-state index in [0.717, 1.165) is 29.1 Å². The number of carbonyl (C=O) groups excluding carboxylic acids is 1. The number of amides is 1. The highest BCUT2D eigenvalue weighted by Crippen LogP contribution is 2.20. The van der Waals surface area contributed by atoms with Crippen LogP contribution in [0.5, 0.6) is 0 Å². The Labute approximate surface area is 136 Å². The van der Waals surface area contributed by atoms with Crippen LogP contribution in [0.15, 0.2) is 30.5 Å². The Morgan fingerprint density at radius 2 is 2.18 bits per heavy atom. The molecule has 2 rings (SSSR count). The first-order valence-corrected chi connectivity index (χ1v) is 8.31. The zero-order valence-electron chi connectivity index (χ0n) is 13.6. The monoisotopic (exact) mass is 317 g/mol.